The summed E-state index contributed by atoms with van der Waals surface area (Å²) >= 11 is 0. The number of rotatable bonds is 6. The normalized spacial score (nSPS) is 22.7. The summed E-state index contributed by atoms with van der Waals surface area (Å²) < 4.78 is 5.80. The van der Waals surface area contributed by atoms with Gasteiger partial charge in [0.15, 0.2) is 0 Å². The zero-order valence-corrected chi connectivity index (χ0v) is 16.3. The third-order valence-electron chi connectivity index (χ3n) is 4.48. The Hall–Kier alpha value is -1.66. The Morgan fingerprint density at radius 1 is 1.32 bits per heavy atom. The Labute approximate surface area is 151 Å². The highest BCUT2D eigenvalue weighted by molar-refractivity contribution is 5.82. The third-order valence-corrected chi connectivity index (χ3v) is 4.48. The summed E-state index contributed by atoms with van der Waals surface area (Å²) in [5.41, 5.74) is 1.00. The van der Waals surface area contributed by atoms with Crippen LogP contribution in [0.25, 0.3) is 0 Å². The van der Waals surface area contributed by atoms with Gasteiger partial charge in [0.25, 0.3) is 0 Å². The van der Waals surface area contributed by atoms with Crippen molar-refractivity contribution in [1.29, 1.82) is 0 Å². The standard InChI is InChI=1S/C19H32N4O2/c1-13(2)18(23-11-14(3)25-15(4)12-23)19(24)21-10-16-7-8-17(20-9-16)22(5)6/h7-9,13-15,18H,10-12H2,1-6H3,(H,21,24)/t14-,15-,18+/m1/s1. The highest BCUT2D eigenvalue weighted by atomic mass is 16.5. The van der Waals surface area contributed by atoms with Crippen LogP contribution in [0, 0.1) is 5.92 Å². The zero-order chi connectivity index (χ0) is 18.6. The first kappa shape index (κ1) is 19.7. The predicted molar refractivity (Wildman–Crippen MR) is 101 cm³/mol. The van der Waals surface area contributed by atoms with Gasteiger partial charge in [0.2, 0.25) is 5.91 Å². The molecule has 2 heterocycles. The van der Waals surface area contributed by atoms with E-state index in [1.165, 1.54) is 0 Å². The van der Waals surface area contributed by atoms with E-state index in [0.717, 1.165) is 24.5 Å². The minimum Gasteiger partial charge on any atom is -0.373 e. The molecular formula is C19H32N4O2. The first-order valence-corrected chi connectivity index (χ1v) is 9.07. The number of nitrogens with one attached hydrogen (secondary N) is 1. The fraction of sp³-hybridized carbons (Fsp3) is 0.684. The average molecular weight is 348 g/mol. The van der Waals surface area contributed by atoms with Gasteiger partial charge in [-0.15, -0.1) is 0 Å². The van der Waals surface area contributed by atoms with Crippen LogP contribution in [0.4, 0.5) is 5.82 Å². The lowest BCUT2D eigenvalue weighted by Gasteiger charge is -2.41. The van der Waals surface area contributed by atoms with Crippen molar-refractivity contribution in [2.75, 3.05) is 32.1 Å². The maximum Gasteiger partial charge on any atom is 0.237 e. The SMILES string of the molecule is CC(C)[C@@H](C(=O)NCc1ccc(N(C)C)nc1)N1C[C@@H](C)O[C@H](C)C1. The summed E-state index contributed by atoms with van der Waals surface area (Å²) in [5.74, 6) is 1.23. The second-order valence-electron chi connectivity index (χ2n) is 7.54. The van der Waals surface area contributed by atoms with Crippen molar-refractivity contribution < 1.29 is 9.53 Å². The Morgan fingerprint density at radius 2 is 1.96 bits per heavy atom. The first-order chi connectivity index (χ1) is 11.8. The molecule has 0 spiro atoms. The molecule has 6 nitrogen and oxygen atoms in total. The highest BCUT2D eigenvalue weighted by Gasteiger charge is 2.33. The molecule has 6 heteroatoms. The van der Waals surface area contributed by atoms with E-state index in [1.807, 2.05) is 37.3 Å². The summed E-state index contributed by atoms with van der Waals surface area (Å²) in [5, 5.41) is 3.08. The van der Waals surface area contributed by atoms with Gasteiger partial charge < -0.3 is 15.0 Å². The fourth-order valence-electron chi connectivity index (χ4n) is 3.41. The summed E-state index contributed by atoms with van der Waals surface area (Å²) in [6.07, 6.45) is 2.12. The number of aromatic nitrogens is 1. The van der Waals surface area contributed by atoms with E-state index in [2.05, 4.69) is 42.9 Å². The number of morpholine rings is 1. The third kappa shape index (κ3) is 5.41. The van der Waals surface area contributed by atoms with Crippen molar-refractivity contribution >= 4 is 11.7 Å². The van der Waals surface area contributed by atoms with Crippen LogP contribution < -0.4 is 10.2 Å². The second-order valence-corrected chi connectivity index (χ2v) is 7.54. The molecule has 3 atom stereocenters. The topological polar surface area (TPSA) is 57.7 Å². The van der Waals surface area contributed by atoms with Gasteiger partial charge in [0, 0.05) is 39.9 Å². The Bertz CT molecular complexity index is 549. The molecule has 1 saturated heterocycles. The van der Waals surface area contributed by atoms with Crippen LogP contribution in [0.15, 0.2) is 18.3 Å². The monoisotopic (exact) mass is 348 g/mol. The van der Waals surface area contributed by atoms with Crippen LogP contribution in [-0.4, -0.2) is 61.2 Å². The maximum atomic E-state index is 12.8. The molecule has 0 unspecified atom stereocenters. The van der Waals surface area contributed by atoms with Gasteiger partial charge in [-0.1, -0.05) is 19.9 Å². The summed E-state index contributed by atoms with van der Waals surface area (Å²) in [6.45, 7) is 10.4. The molecule has 0 saturated carbocycles. The zero-order valence-electron chi connectivity index (χ0n) is 16.3. The lowest BCUT2D eigenvalue weighted by molar-refractivity contribution is -0.135. The number of carbonyl (C=O) groups is 1. The van der Waals surface area contributed by atoms with Crippen LogP contribution in [0.1, 0.15) is 33.3 Å². The van der Waals surface area contributed by atoms with Crippen molar-refractivity contribution in [1.82, 2.24) is 15.2 Å². The summed E-state index contributed by atoms with van der Waals surface area (Å²) in [4.78, 5) is 21.4. The maximum absolute atomic E-state index is 12.8. The molecular weight excluding hydrogens is 316 g/mol. The van der Waals surface area contributed by atoms with Crippen LogP contribution >= 0.6 is 0 Å². The van der Waals surface area contributed by atoms with Crippen LogP contribution in [0.5, 0.6) is 0 Å². The molecule has 2 rings (SSSR count). The molecule has 1 fully saturated rings. The smallest absolute Gasteiger partial charge is 0.237 e. The summed E-state index contributed by atoms with van der Waals surface area (Å²) in [7, 11) is 3.92. The second kappa shape index (κ2) is 8.63. The van der Waals surface area contributed by atoms with Gasteiger partial charge in [-0.05, 0) is 31.4 Å². The summed E-state index contributed by atoms with van der Waals surface area (Å²) in [6, 6.07) is 3.83. The number of ether oxygens (including phenoxy) is 1. The van der Waals surface area contributed by atoms with E-state index in [-0.39, 0.29) is 30.1 Å². The lowest BCUT2D eigenvalue weighted by atomic mass is 9.99. The molecule has 1 aliphatic rings. The number of nitrogens with zero attached hydrogens (tertiary/aromatic N) is 3. The quantitative estimate of drug-likeness (QED) is 0.851. The molecule has 140 valence electrons. The van der Waals surface area contributed by atoms with Crippen LogP contribution in [-0.2, 0) is 16.1 Å². The number of pyridine rings is 1. The Kier molecular flexibility index (Phi) is 6.79. The number of hydrogen-bond acceptors (Lipinski definition) is 5. The highest BCUT2D eigenvalue weighted by Crippen LogP contribution is 2.19. The van der Waals surface area contributed by atoms with E-state index in [1.54, 1.807) is 0 Å². The van der Waals surface area contributed by atoms with Crippen LogP contribution in [0.3, 0.4) is 0 Å². The van der Waals surface area contributed by atoms with Crippen molar-refractivity contribution in [2.45, 2.75) is 52.5 Å². The van der Waals surface area contributed by atoms with Gasteiger partial charge in [-0.25, -0.2) is 4.98 Å². The van der Waals surface area contributed by atoms with E-state index in [0.29, 0.717) is 6.54 Å². The number of anilines is 1. The van der Waals surface area contributed by atoms with Gasteiger partial charge in [0.05, 0.1) is 18.2 Å². The van der Waals surface area contributed by atoms with Gasteiger partial charge in [0.1, 0.15) is 5.82 Å². The van der Waals surface area contributed by atoms with Gasteiger partial charge >= 0.3 is 0 Å². The van der Waals surface area contributed by atoms with Gasteiger partial charge in [-0.2, -0.15) is 0 Å². The molecule has 1 amide bonds. The van der Waals surface area contributed by atoms with E-state index >= 15 is 0 Å². The minimum atomic E-state index is -0.136. The molecule has 1 N–H and O–H groups in total. The minimum absolute atomic E-state index is 0.0768. The first-order valence-electron chi connectivity index (χ1n) is 9.07. The van der Waals surface area contributed by atoms with Gasteiger partial charge in [-0.3, -0.25) is 9.69 Å². The van der Waals surface area contributed by atoms with E-state index < -0.39 is 0 Å². The Morgan fingerprint density at radius 3 is 2.44 bits per heavy atom. The molecule has 0 radical (unpaired) electrons. The molecule has 0 bridgehead atoms. The van der Waals surface area contributed by atoms with Crippen molar-refractivity contribution in [2.24, 2.45) is 5.92 Å². The predicted octanol–water partition coefficient (Wildman–Crippen LogP) is 1.90. The molecule has 1 aliphatic heterocycles. The molecule has 0 aliphatic carbocycles. The number of amides is 1. The number of hydrogen-bond donors (Lipinski definition) is 1. The molecule has 1 aromatic heterocycles. The van der Waals surface area contributed by atoms with E-state index in [9.17, 15) is 4.79 Å². The Balaban J connectivity index is 1.98. The van der Waals surface area contributed by atoms with E-state index in [4.69, 9.17) is 4.74 Å². The molecule has 1 aromatic rings. The van der Waals surface area contributed by atoms with Crippen molar-refractivity contribution in [3.8, 4) is 0 Å². The average Bonchev–Trinajstić information content (AvgIpc) is 2.52. The number of carbonyl (C=O) groups excluding carboxylic acids is 1. The fourth-order valence-corrected chi connectivity index (χ4v) is 3.41. The lowest BCUT2D eigenvalue weighted by Crippen LogP contribution is -2.56. The molecule has 25 heavy (non-hydrogen) atoms. The molecule has 0 aromatic carbocycles. The van der Waals surface area contributed by atoms with Crippen LogP contribution in [0.2, 0.25) is 0 Å². The van der Waals surface area contributed by atoms with Crippen molar-refractivity contribution in [3.05, 3.63) is 23.9 Å². The largest absolute Gasteiger partial charge is 0.373 e. The van der Waals surface area contributed by atoms with Crippen molar-refractivity contribution in [3.63, 3.8) is 0 Å².